The van der Waals surface area contributed by atoms with Crippen molar-refractivity contribution in [3.63, 3.8) is 0 Å². The highest BCUT2D eigenvalue weighted by molar-refractivity contribution is 7.13. The van der Waals surface area contributed by atoms with Crippen molar-refractivity contribution in [2.75, 3.05) is 11.1 Å². The maximum atomic E-state index is 12.2. The first-order valence-corrected chi connectivity index (χ1v) is 8.68. The average Bonchev–Trinajstić information content (AvgIpc) is 2.93. The molecule has 0 aliphatic heterocycles. The molecule has 26 heavy (non-hydrogen) atoms. The Morgan fingerprint density at radius 1 is 1.15 bits per heavy atom. The Hall–Kier alpha value is -3.07. The van der Waals surface area contributed by atoms with Crippen LogP contribution in [0.15, 0.2) is 24.3 Å². The second kappa shape index (κ2) is 7.44. The Balaban J connectivity index is 1.72. The van der Waals surface area contributed by atoms with E-state index in [0.29, 0.717) is 16.5 Å². The molecular weight excluding hydrogens is 352 g/mol. The molecular formula is C17H18N6O2S. The fourth-order valence-corrected chi connectivity index (χ4v) is 3.12. The Kier molecular flexibility index (Phi) is 5.08. The van der Waals surface area contributed by atoms with E-state index in [-0.39, 0.29) is 18.4 Å². The lowest BCUT2D eigenvalue weighted by molar-refractivity contribution is 0.0467. The van der Waals surface area contributed by atoms with E-state index < -0.39 is 5.97 Å². The molecule has 3 N–H and O–H groups in total. The summed E-state index contributed by atoms with van der Waals surface area (Å²) in [7, 11) is 0. The number of ether oxygens (including phenoxy) is 1. The van der Waals surface area contributed by atoms with Gasteiger partial charge in [-0.2, -0.15) is 15.0 Å². The summed E-state index contributed by atoms with van der Waals surface area (Å²) >= 11 is 1.29. The highest BCUT2D eigenvalue weighted by atomic mass is 32.1. The molecule has 134 valence electrons. The Labute approximate surface area is 154 Å². The van der Waals surface area contributed by atoms with E-state index in [4.69, 9.17) is 10.5 Å². The van der Waals surface area contributed by atoms with Gasteiger partial charge in [0.05, 0.1) is 10.7 Å². The molecule has 0 amide bonds. The van der Waals surface area contributed by atoms with Crippen LogP contribution in [0, 0.1) is 20.8 Å². The number of nitrogen functional groups attached to an aromatic ring is 1. The maximum absolute atomic E-state index is 12.2. The zero-order valence-corrected chi connectivity index (χ0v) is 15.4. The molecule has 0 fully saturated rings. The molecule has 0 radical (unpaired) electrons. The normalized spacial score (nSPS) is 10.6. The number of rotatable bonds is 5. The van der Waals surface area contributed by atoms with Crippen LogP contribution in [0.25, 0.3) is 0 Å². The number of benzene rings is 1. The van der Waals surface area contributed by atoms with Crippen molar-refractivity contribution in [1.82, 2.24) is 19.9 Å². The molecule has 2 aromatic heterocycles. The Bertz CT molecular complexity index is 956. The van der Waals surface area contributed by atoms with Crippen molar-refractivity contribution in [2.24, 2.45) is 0 Å². The first-order valence-electron chi connectivity index (χ1n) is 7.86. The first kappa shape index (κ1) is 17.7. The van der Waals surface area contributed by atoms with Gasteiger partial charge in [-0.05, 0) is 32.4 Å². The van der Waals surface area contributed by atoms with E-state index in [9.17, 15) is 4.79 Å². The van der Waals surface area contributed by atoms with Crippen molar-refractivity contribution in [2.45, 2.75) is 27.4 Å². The van der Waals surface area contributed by atoms with Crippen LogP contribution in [0.4, 0.5) is 17.6 Å². The summed E-state index contributed by atoms with van der Waals surface area (Å²) in [5.41, 5.74) is 8.29. The number of nitrogens with one attached hydrogen (secondary N) is 1. The summed E-state index contributed by atoms with van der Waals surface area (Å²) in [6, 6.07) is 7.72. The van der Waals surface area contributed by atoms with Crippen molar-refractivity contribution < 1.29 is 9.53 Å². The van der Waals surface area contributed by atoms with Crippen LogP contribution in [0.3, 0.4) is 0 Å². The quantitative estimate of drug-likeness (QED) is 0.659. The van der Waals surface area contributed by atoms with Crippen molar-refractivity contribution in [3.05, 3.63) is 51.2 Å². The lowest BCUT2D eigenvalue weighted by Crippen LogP contribution is -2.11. The minimum atomic E-state index is -0.458. The molecule has 0 spiro atoms. The van der Waals surface area contributed by atoms with Crippen molar-refractivity contribution in [1.29, 1.82) is 0 Å². The average molecular weight is 370 g/mol. The van der Waals surface area contributed by atoms with Gasteiger partial charge >= 0.3 is 5.97 Å². The fraction of sp³-hybridized carbons (Fsp3) is 0.235. The van der Waals surface area contributed by atoms with Gasteiger partial charge in [0.1, 0.15) is 4.88 Å². The summed E-state index contributed by atoms with van der Waals surface area (Å²) in [6.45, 7) is 5.47. The third kappa shape index (κ3) is 4.12. The van der Waals surface area contributed by atoms with Crippen LogP contribution in [0.2, 0.25) is 0 Å². The molecule has 0 saturated carbocycles. The van der Waals surface area contributed by atoms with Gasteiger partial charge in [0, 0.05) is 5.69 Å². The molecule has 9 heteroatoms. The van der Waals surface area contributed by atoms with E-state index >= 15 is 0 Å². The Morgan fingerprint density at radius 2 is 1.92 bits per heavy atom. The third-order valence-corrected chi connectivity index (χ3v) is 4.56. The number of thiazole rings is 1. The number of carbonyl (C=O) groups excluding carboxylic acids is 1. The molecule has 2 heterocycles. The lowest BCUT2D eigenvalue weighted by atomic mass is 10.2. The van der Waals surface area contributed by atoms with Gasteiger partial charge in [0.25, 0.3) is 0 Å². The molecule has 0 bridgehead atoms. The Morgan fingerprint density at radius 3 is 2.62 bits per heavy atom. The fourth-order valence-electron chi connectivity index (χ4n) is 2.31. The van der Waals surface area contributed by atoms with Gasteiger partial charge in [-0.3, -0.25) is 0 Å². The number of nitrogens with zero attached hydrogens (tertiary/aromatic N) is 4. The predicted molar refractivity (Wildman–Crippen MR) is 99.4 cm³/mol. The second-order valence-electron chi connectivity index (χ2n) is 5.60. The van der Waals surface area contributed by atoms with E-state index in [1.54, 1.807) is 6.92 Å². The molecule has 3 rings (SSSR count). The summed E-state index contributed by atoms with van der Waals surface area (Å²) < 4.78 is 5.29. The second-order valence-corrected chi connectivity index (χ2v) is 6.80. The topological polar surface area (TPSA) is 116 Å². The molecule has 0 atom stereocenters. The lowest BCUT2D eigenvalue weighted by Gasteiger charge is -2.09. The summed E-state index contributed by atoms with van der Waals surface area (Å²) in [6.07, 6.45) is 0. The van der Waals surface area contributed by atoms with Crippen LogP contribution < -0.4 is 11.1 Å². The zero-order valence-electron chi connectivity index (χ0n) is 14.6. The van der Waals surface area contributed by atoms with Gasteiger partial charge in [-0.1, -0.05) is 18.2 Å². The van der Waals surface area contributed by atoms with Gasteiger partial charge in [0.15, 0.2) is 12.4 Å². The van der Waals surface area contributed by atoms with Gasteiger partial charge in [-0.15, -0.1) is 11.3 Å². The van der Waals surface area contributed by atoms with Gasteiger partial charge in [-0.25, -0.2) is 9.78 Å². The number of aromatic nitrogens is 4. The SMILES string of the molecule is Cc1nc(C)c(C(=O)OCc2nc(N)nc(Nc3ccccc3C)n2)s1. The van der Waals surface area contributed by atoms with Crippen molar-refractivity contribution in [3.8, 4) is 0 Å². The number of esters is 1. The highest BCUT2D eigenvalue weighted by Gasteiger charge is 2.16. The van der Waals surface area contributed by atoms with E-state index in [2.05, 4.69) is 25.3 Å². The number of anilines is 3. The van der Waals surface area contributed by atoms with E-state index in [0.717, 1.165) is 16.3 Å². The van der Waals surface area contributed by atoms with Crippen LogP contribution >= 0.6 is 11.3 Å². The minimum Gasteiger partial charge on any atom is -0.453 e. The largest absolute Gasteiger partial charge is 0.453 e. The monoisotopic (exact) mass is 370 g/mol. The number of hydrogen-bond acceptors (Lipinski definition) is 9. The van der Waals surface area contributed by atoms with Crippen LogP contribution in [0.5, 0.6) is 0 Å². The molecule has 0 saturated heterocycles. The number of carbonyl (C=O) groups is 1. The maximum Gasteiger partial charge on any atom is 0.350 e. The number of hydrogen-bond donors (Lipinski definition) is 2. The van der Waals surface area contributed by atoms with Gasteiger partial charge < -0.3 is 15.8 Å². The zero-order chi connectivity index (χ0) is 18.7. The van der Waals surface area contributed by atoms with Gasteiger partial charge in [0.2, 0.25) is 11.9 Å². The molecule has 0 unspecified atom stereocenters. The molecule has 0 aliphatic carbocycles. The smallest absolute Gasteiger partial charge is 0.350 e. The van der Waals surface area contributed by atoms with E-state index in [1.165, 1.54) is 11.3 Å². The van der Waals surface area contributed by atoms with Crippen LogP contribution in [-0.2, 0) is 11.3 Å². The number of aryl methyl sites for hydroxylation is 3. The van der Waals surface area contributed by atoms with E-state index in [1.807, 2.05) is 38.1 Å². The van der Waals surface area contributed by atoms with Crippen LogP contribution in [0.1, 0.15) is 31.8 Å². The predicted octanol–water partition coefficient (Wildman–Crippen LogP) is 2.94. The van der Waals surface area contributed by atoms with Crippen molar-refractivity contribution >= 4 is 34.9 Å². The summed E-state index contributed by atoms with van der Waals surface area (Å²) in [4.78, 5) is 29.2. The number of nitrogens with two attached hydrogens (primary N) is 1. The highest BCUT2D eigenvalue weighted by Crippen LogP contribution is 2.20. The summed E-state index contributed by atoms with van der Waals surface area (Å²) in [5.74, 6) is 0.149. The third-order valence-electron chi connectivity index (χ3n) is 3.51. The first-order chi connectivity index (χ1) is 12.4. The molecule has 0 aliphatic rings. The molecule has 8 nitrogen and oxygen atoms in total. The summed E-state index contributed by atoms with van der Waals surface area (Å²) in [5, 5.41) is 3.90. The minimum absolute atomic E-state index is 0.0481. The number of para-hydroxylation sites is 1. The molecule has 3 aromatic rings. The molecule has 1 aromatic carbocycles. The van der Waals surface area contributed by atoms with Crippen LogP contribution in [-0.4, -0.2) is 25.9 Å². The standard InChI is InChI=1S/C17H18N6O2S/c1-9-6-4-5-7-12(9)20-17-22-13(21-16(18)23-17)8-25-15(24)14-10(2)19-11(3)26-14/h4-7H,8H2,1-3H3,(H3,18,20,21,22,23).